The molecule has 2 N–H and O–H groups in total. The first-order valence-corrected chi connectivity index (χ1v) is 11.9. The van der Waals surface area contributed by atoms with Crippen LogP contribution < -0.4 is 14.8 Å². The Morgan fingerprint density at radius 3 is 2.45 bits per heavy atom. The van der Waals surface area contributed by atoms with Gasteiger partial charge in [0.1, 0.15) is 12.4 Å². The van der Waals surface area contributed by atoms with Crippen LogP contribution in [-0.2, 0) is 10.0 Å². The average molecular weight is 461 g/mol. The van der Waals surface area contributed by atoms with Gasteiger partial charge in [0.25, 0.3) is 15.9 Å². The Labute approximate surface area is 185 Å². The van der Waals surface area contributed by atoms with E-state index < -0.39 is 16.1 Å². The van der Waals surface area contributed by atoms with Crippen molar-refractivity contribution in [1.82, 2.24) is 14.9 Å². The highest BCUT2D eigenvalue weighted by Crippen LogP contribution is 2.21. The summed E-state index contributed by atoms with van der Waals surface area (Å²) in [7, 11) is -3.90. The predicted molar refractivity (Wildman–Crippen MR) is 120 cm³/mol. The van der Waals surface area contributed by atoms with Gasteiger partial charge in [-0.2, -0.15) is 0 Å². The van der Waals surface area contributed by atoms with E-state index in [1.165, 1.54) is 0 Å². The molecule has 1 heterocycles. The summed E-state index contributed by atoms with van der Waals surface area (Å²) in [6.45, 7) is 7.76. The summed E-state index contributed by atoms with van der Waals surface area (Å²) in [4.78, 5) is 12.3. The number of carbonyl (C=O) groups is 1. The summed E-state index contributed by atoms with van der Waals surface area (Å²) < 4.78 is 33.1. The van der Waals surface area contributed by atoms with Gasteiger partial charge in [-0.3, -0.25) is 10.1 Å². The predicted octanol–water partition coefficient (Wildman–Crippen LogP) is 3.46. The van der Waals surface area contributed by atoms with Crippen LogP contribution in [0.3, 0.4) is 0 Å². The summed E-state index contributed by atoms with van der Waals surface area (Å²) in [5, 5.41) is 10.1. The molecule has 3 rings (SSSR count). The molecule has 0 aliphatic rings. The first-order valence-electron chi connectivity index (χ1n) is 9.58. The van der Waals surface area contributed by atoms with E-state index in [0.717, 1.165) is 28.0 Å². The number of amides is 1. The van der Waals surface area contributed by atoms with Crippen molar-refractivity contribution in [2.24, 2.45) is 0 Å². The largest absolute Gasteiger partial charge is 0.492 e. The van der Waals surface area contributed by atoms with E-state index in [1.807, 2.05) is 51.1 Å². The average Bonchev–Trinajstić information content (AvgIpc) is 3.18. The summed E-state index contributed by atoms with van der Waals surface area (Å²) in [6.07, 6.45) is 0. The first-order chi connectivity index (χ1) is 14.6. The van der Waals surface area contributed by atoms with Crippen LogP contribution >= 0.6 is 11.3 Å². The van der Waals surface area contributed by atoms with E-state index in [-0.39, 0.29) is 22.0 Å². The topological polar surface area (TPSA) is 110 Å². The van der Waals surface area contributed by atoms with Crippen LogP contribution in [0.15, 0.2) is 46.8 Å². The zero-order valence-electron chi connectivity index (χ0n) is 17.7. The van der Waals surface area contributed by atoms with Crippen molar-refractivity contribution in [3.63, 3.8) is 0 Å². The van der Waals surface area contributed by atoms with Crippen LogP contribution in [0, 0.1) is 20.8 Å². The minimum Gasteiger partial charge on any atom is -0.492 e. The van der Waals surface area contributed by atoms with Crippen molar-refractivity contribution in [2.75, 3.05) is 11.9 Å². The Kier molecular flexibility index (Phi) is 7.04. The third-order valence-electron chi connectivity index (χ3n) is 4.51. The molecule has 2 aromatic carbocycles. The molecule has 0 fully saturated rings. The second kappa shape index (κ2) is 9.54. The summed E-state index contributed by atoms with van der Waals surface area (Å²) in [5.74, 6) is 0.286. The molecular formula is C21H24N4O4S2. The second-order valence-corrected chi connectivity index (χ2v) is 10.1. The number of nitrogens with zero attached hydrogens (tertiary/aromatic N) is 2. The van der Waals surface area contributed by atoms with Crippen LogP contribution in [0.4, 0.5) is 5.13 Å². The third kappa shape index (κ3) is 6.09. The minimum atomic E-state index is -3.90. The molecule has 3 aromatic rings. The Hall–Kier alpha value is -2.82. The van der Waals surface area contributed by atoms with Gasteiger partial charge in [-0.1, -0.05) is 35.1 Å². The van der Waals surface area contributed by atoms with Crippen molar-refractivity contribution in [1.29, 1.82) is 0 Å². The zero-order chi connectivity index (χ0) is 22.6. The number of benzene rings is 2. The van der Waals surface area contributed by atoms with Crippen molar-refractivity contribution in [3.8, 4) is 5.75 Å². The van der Waals surface area contributed by atoms with E-state index >= 15 is 0 Å². The van der Waals surface area contributed by atoms with E-state index in [2.05, 4.69) is 20.2 Å². The van der Waals surface area contributed by atoms with Gasteiger partial charge in [0.2, 0.25) is 9.47 Å². The van der Waals surface area contributed by atoms with Crippen LogP contribution in [0.5, 0.6) is 5.75 Å². The molecule has 10 heteroatoms. The van der Waals surface area contributed by atoms with Gasteiger partial charge in [-0.15, -0.1) is 10.2 Å². The standard InChI is InChI=1S/C21H24N4O4S2/c1-13-5-8-17(9-6-13)19(26)22-20-23-24-21(30-20)31(27,28)25-16(4)12-29-18-10-7-14(2)15(3)11-18/h5-11,16,25H,12H2,1-4H3,(H,22,23,26)/t16-/m0/s1. The van der Waals surface area contributed by atoms with Gasteiger partial charge in [-0.25, -0.2) is 13.1 Å². The molecule has 0 radical (unpaired) electrons. The molecule has 164 valence electrons. The SMILES string of the molecule is Cc1ccc(C(=O)Nc2nnc(S(=O)(=O)N[C@@H](C)COc3ccc(C)c(C)c3)s2)cc1. The molecule has 0 saturated carbocycles. The smallest absolute Gasteiger partial charge is 0.270 e. The molecule has 1 aromatic heterocycles. The Morgan fingerprint density at radius 2 is 1.77 bits per heavy atom. The monoisotopic (exact) mass is 460 g/mol. The maximum absolute atomic E-state index is 12.6. The Morgan fingerprint density at radius 1 is 1.06 bits per heavy atom. The molecule has 0 spiro atoms. The fourth-order valence-electron chi connectivity index (χ4n) is 2.62. The van der Waals surface area contributed by atoms with Gasteiger partial charge in [0.15, 0.2) is 0 Å². The van der Waals surface area contributed by atoms with E-state index in [0.29, 0.717) is 11.3 Å². The molecule has 8 nitrogen and oxygen atoms in total. The van der Waals surface area contributed by atoms with Crippen molar-refractivity contribution in [3.05, 3.63) is 64.7 Å². The number of hydrogen-bond donors (Lipinski definition) is 2. The van der Waals surface area contributed by atoms with E-state index in [4.69, 9.17) is 4.74 Å². The van der Waals surface area contributed by atoms with Crippen LogP contribution in [0.25, 0.3) is 0 Å². The van der Waals surface area contributed by atoms with Crippen molar-refractivity contribution in [2.45, 2.75) is 38.1 Å². The van der Waals surface area contributed by atoms with Gasteiger partial charge in [-0.05, 0) is 63.1 Å². The molecule has 31 heavy (non-hydrogen) atoms. The minimum absolute atomic E-state index is 0.102. The lowest BCUT2D eigenvalue weighted by atomic mass is 10.1. The molecule has 0 aliphatic carbocycles. The maximum Gasteiger partial charge on any atom is 0.270 e. The number of aryl methyl sites for hydroxylation is 3. The molecule has 0 unspecified atom stereocenters. The summed E-state index contributed by atoms with van der Waals surface area (Å²) in [5.41, 5.74) is 3.73. The highest BCUT2D eigenvalue weighted by atomic mass is 32.2. The van der Waals surface area contributed by atoms with Crippen LogP contribution in [0.2, 0.25) is 0 Å². The van der Waals surface area contributed by atoms with Gasteiger partial charge < -0.3 is 4.74 Å². The van der Waals surface area contributed by atoms with Crippen molar-refractivity contribution >= 4 is 32.4 Å². The number of hydrogen-bond acceptors (Lipinski definition) is 7. The van der Waals surface area contributed by atoms with E-state index in [1.54, 1.807) is 19.1 Å². The van der Waals surface area contributed by atoms with E-state index in [9.17, 15) is 13.2 Å². The zero-order valence-corrected chi connectivity index (χ0v) is 19.3. The number of carbonyl (C=O) groups excluding carboxylic acids is 1. The number of aromatic nitrogens is 2. The van der Waals surface area contributed by atoms with Gasteiger partial charge in [0, 0.05) is 5.56 Å². The highest BCUT2D eigenvalue weighted by Gasteiger charge is 2.23. The molecule has 0 aliphatic heterocycles. The maximum atomic E-state index is 12.6. The molecule has 1 amide bonds. The Bertz CT molecular complexity index is 1170. The fraction of sp³-hybridized carbons (Fsp3) is 0.286. The lowest BCUT2D eigenvalue weighted by Gasteiger charge is -2.14. The number of sulfonamides is 1. The molecular weight excluding hydrogens is 436 g/mol. The number of rotatable bonds is 8. The number of nitrogens with one attached hydrogen (secondary N) is 2. The second-order valence-electron chi connectivity index (χ2n) is 7.27. The highest BCUT2D eigenvalue weighted by molar-refractivity contribution is 7.91. The lowest BCUT2D eigenvalue weighted by molar-refractivity contribution is 0.102. The number of ether oxygens (including phenoxy) is 1. The fourth-order valence-corrected chi connectivity index (χ4v) is 4.76. The lowest BCUT2D eigenvalue weighted by Crippen LogP contribution is -2.36. The van der Waals surface area contributed by atoms with Crippen molar-refractivity contribution < 1.29 is 17.9 Å². The van der Waals surface area contributed by atoms with Crippen LogP contribution in [-0.4, -0.2) is 37.2 Å². The normalized spacial score (nSPS) is 12.4. The summed E-state index contributed by atoms with van der Waals surface area (Å²) in [6, 6.07) is 12.2. The Balaban J connectivity index is 1.58. The first kappa shape index (κ1) is 22.9. The summed E-state index contributed by atoms with van der Waals surface area (Å²) >= 11 is 0.781. The molecule has 0 saturated heterocycles. The molecule has 0 bridgehead atoms. The quantitative estimate of drug-likeness (QED) is 0.498. The van der Waals surface area contributed by atoms with Gasteiger partial charge >= 0.3 is 0 Å². The third-order valence-corrected chi connectivity index (χ3v) is 7.30. The van der Waals surface area contributed by atoms with Gasteiger partial charge in [0.05, 0.1) is 6.04 Å². The molecule has 1 atom stereocenters. The van der Waals surface area contributed by atoms with Crippen LogP contribution in [0.1, 0.15) is 34.0 Å². The number of anilines is 1.